The molecular formula is C19H33NO2. The summed E-state index contributed by atoms with van der Waals surface area (Å²) in [5.74, 6) is 0.505. The fraction of sp³-hybridized carbons (Fsp3) is 0.684. The molecular weight excluding hydrogens is 274 g/mol. The topological polar surface area (TPSA) is 32.7 Å². The predicted octanol–water partition coefficient (Wildman–Crippen LogP) is 3.63. The van der Waals surface area contributed by atoms with Crippen LogP contribution in [0.25, 0.3) is 0 Å². The standard InChI is InChI=1S/C19H33NO2/c1-6-17(5)20(11-18-9-7-8-16(4)10-18)12-19(21)14-22-13-15(2)3/h7-10,15,17,19,21H,6,11-14H2,1-5H3/t17-,19+/m1/s1. The van der Waals surface area contributed by atoms with Gasteiger partial charge in [-0.1, -0.05) is 50.6 Å². The maximum absolute atomic E-state index is 10.2. The molecule has 0 spiro atoms. The molecule has 0 unspecified atom stereocenters. The highest BCUT2D eigenvalue weighted by Crippen LogP contribution is 2.13. The van der Waals surface area contributed by atoms with Gasteiger partial charge >= 0.3 is 0 Å². The Morgan fingerprint density at radius 2 is 1.91 bits per heavy atom. The first-order valence-corrected chi connectivity index (χ1v) is 8.47. The molecule has 0 saturated heterocycles. The van der Waals surface area contributed by atoms with Crippen LogP contribution in [0.3, 0.4) is 0 Å². The molecule has 1 rings (SSSR count). The van der Waals surface area contributed by atoms with Crippen molar-refractivity contribution in [2.24, 2.45) is 5.92 Å². The van der Waals surface area contributed by atoms with Gasteiger partial charge in [0, 0.05) is 25.7 Å². The monoisotopic (exact) mass is 307 g/mol. The summed E-state index contributed by atoms with van der Waals surface area (Å²) in [5.41, 5.74) is 2.58. The summed E-state index contributed by atoms with van der Waals surface area (Å²) in [6, 6.07) is 9.04. The molecule has 0 heterocycles. The molecule has 0 aliphatic heterocycles. The number of aliphatic hydroxyl groups excluding tert-OH is 1. The lowest BCUT2D eigenvalue weighted by Gasteiger charge is -2.30. The van der Waals surface area contributed by atoms with Gasteiger partial charge in [0.25, 0.3) is 0 Å². The van der Waals surface area contributed by atoms with Crippen molar-refractivity contribution in [3.05, 3.63) is 35.4 Å². The zero-order valence-electron chi connectivity index (χ0n) is 14.9. The minimum Gasteiger partial charge on any atom is -0.389 e. The van der Waals surface area contributed by atoms with Crippen LogP contribution >= 0.6 is 0 Å². The Morgan fingerprint density at radius 3 is 2.50 bits per heavy atom. The minimum atomic E-state index is -0.433. The minimum absolute atomic E-state index is 0.416. The van der Waals surface area contributed by atoms with Crippen LogP contribution in [0.4, 0.5) is 0 Å². The highest BCUT2D eigenvalue weighted by Gasteiger charge is 2.17. The van der Waals surface area contributed by atoms with Crippen molar-refractivity contribution >= 4 is 0 Å². The van der Waals surface area contributed by atoms with Crippen LogP contribution in [-0.4, -0.2) is 41.9 Å². The first-order valence-electron chi connectivity index (χ1n) is 8.47. The Hall–Kier alpha value is -0.900. The number of aryl methyl sites for hydroxylation is 1. The molecule has 126 valence electrons. The lowest BCUT2D eigenvalue weighted by Crippen LogP contribution is -2.40. The second-order valence-electron chi connectivity index (χ2n) is 6.76. The van der Waals surface area contributed by atoms with Crippen LogP contribution in [0.2, 0.25) is 0 Å². The van der Waals surface area contributed by atoms with Gasteiger partial charge < -0.3 is 9.84 Å². The molecule has 1 N–H and O–H groups in total. The molecule has 1 aromatic rings. The van der Waals surface area contributed by atoms with Crippen LogP contribution < -0.4 is 0 Å². The molecule has 0 aliphatic rings. The molecule has 3 nitrogen and oxygen atoms in total. The number of hydrogen-bond acceptors (Lipinski definition) is 3. The zero-order valence-corrected chi connectivity index (χ0v) is 14.9. The second kappa shape index (κ2) is 9.98. The van der Waals surface area contributed by atoms with E-state index in [1.54, 1.807) is 0 Å². The Morgan fingerprint density at radius 1 is 1.18 bits per heavy atom. The lowest BCUT2D eigenvalue weighted by atomic mass is 10.1. The fourth-order valence-electron chi connectivity index (χ4n) is 2.47. The largest absolute Gasteiger partial charge is 0.389 e. The van der Waals surface area contributed by atoms with Crippen LogP contribution in [0.5, 0.6) is 0 Å². The molecule has 0 aromatic heterocycles. The molecule has 0 aliphatic carbocycles. The first kappa shape index (κ1) is 19.1. The summed E-state index contributed by atoms with van der Waals surface area (Å²) in [7, 11) is 0. The van der Waals surface area contributed by atoms with Gasteiger partial charge in [0.2, 0.25) is 0 Å². The predicted molar refractivity (Wildman–Crippen MR) is 93.0 cm³/mol. The number of nitrogens with zero attached hydrogens (tertiary/aromatic N) is 1. The maximum atomic E-state index is 10.2. The smallest absolute Gasteiger partial charge is 0.0900 e. The average molecular weight is 307 g/mol. The summed E-state index contributed by atoms with van der Waals surface area (Å²) in [6.45, 7) is 13.4. The summed E-state index contributed by atoms with van der Waals surface area (Å²) >= 11 is 0. The molecule has 0 fully saturated rings. The van der Waals surface area contributed by atoms with E-state index >= 15 is 0 Å². The highest BCUT2D eigenvalue weighted by atomic mass is 16.5. The Bertz CT molecular complexity index is 420. The van der Waals surface area contributed by atoms with Gasteiger partial charge in [-0.15, -0.1) is 0 Å². The second-order valence-corrected chi connectivity index (χ2v) is 6.76. The Balaban J connectivity index is 2.57. The normalized spacial score (nSPS) is 14.5. The Kier molecular flexibility index (Phi) is 8.69. The van der Waals surface area contributed by atoms with E-state index in [4.69, 9.17) is 4.74 Å². The molecule has 0 saturated carbocycles. The lowest BCUT2D eigenvalue weighted by molar-refractivity contribution is 0.000121. The van der Waals surface area contributed by atoms with Crippen LogP contribution in [0.15, 0.2) is 24.3 Å². The van der Waals surface area contributed by atoms with Crippen molar-refractivity contribution < 1.29 is 9.84 Å². The van der Waals surface area contributed by atoms with Gasteiger partial charge in [-0.3, -0.25) is 4.90 Å². The average Bonchev–Trinajstić information content (AvgIpc) is 2.45. The van der Waals surface area contributed by atoms with E-state index in [0.717, 1.165) is 13.0 Å². The van der Waals surface area contributed by atoms with E-state index in [9.17, 15) is 5.11 Å². The third-order valence-electron chi connectivity index (χ3n) is 3.89. The van der Waals surface area contributed by atoms with E-state index in [1.165, 1.54) is 11.1 Å². The third-order valence-corrected chi connectivity index (χ3v) is 3.89. The highest BCUT2D eigenvalue weighted by molar-refractivity contribution is 5.22. The van der Waals surface area contributed by atoms with Crippen molar-refractivity contribution in [2.45, 2.75) is 59.7 Å². The van der Waals surface area contributed by atoms with Crippen molar-refractivity contribution in [3.8, 4) is 0 Å². The van der Waals surface area contributed by atoms with E-state index in [-0.39, 0.29) is 0 Å². The van der Waals surface area contributed by atoms with Crippen molar-refractivity contribution in [1.29, 1.82) is 0 Å². The van der Waals surface area contributed by atoms with Gasteiger partial charge in [0.1, 0.15) is 0 Å². The Labute approximate surface area is 136 Å². The summed E-state index contributed by atoms with van der Waals surface area (Å²) < 4.78 is 5.56. The molecule has 1 aromatic carbocycles. The number of ether oxygens (including phenoxy) is 1. The van der Waals surface area contributed by atoms with Gasteiger partial charge in [-0.25, -0.2) is 0 Å². The zero-order chi connectivity index (χ0) is 16.5. The molecule has 2 atom stereocenters. The molecule has 0 amide bonds. The quantitative estimate of drug-likeness (QED) is 0.716. The van der Waals surface area contributed by atoms with Crippen molar-refractivity contribution in [2.75, 3.05) is 19.8 Å². The van der Waals surface area contributed by atoms with E-state index in [0.29, 0.717) is 31.7 Å². The molecule has 3 heteroatoms. The van der Waals surface area contributed by atoms with Crippen molar-refractivity contribution in [3.63, 3.8) is 0 Å². The summed E-state index contributed by atoms with van der Waals surface area (Å²) in [6.07, 6.45) is 0.642. The first-order chi connectivity index (χ1) is 10.4. The maximum Gasteiger partial charge on any atom is 0.0900 e. The van der Waals surface area contributed by atoms with Gasteiger partial charge in [0.15, 0.2) is 0 Å². The summed E-state index contributed by atoms with van der Waals surface area (Å²) in [5, 5.41) is 10.2. The number of rotatable bonds is 10. The van der Waals surface area contributed by atoms with Crippen LogP contribution in [0, 0.1) is 12.8 Å². The van der Waals surface area contributed by atoms with Crippen LogP contribution in [-0.2, 0) is 11.3 Å². The SMILES string of the molecule is CC[C@@H](C)N(Cc1cccc(C)c1)C[C@H](O)COCC(C)C. The molecule has 22 heavy (non-hydrogen) atoms. The molecule has 0 radical (unpaired) electrons. The fourth-order valence-corrected chi connectivity index (χ4v) is 2.47. The van der Waals surface area contributed by atoms with E-state index in [1.807, 2.05) is 0 Å². The van der Waals surface area contributed by atoms with Gasteiger partial charge in [-0.05, 0) is 31.7 Å². The van der Waals surface area contributed by atoms with Gasteiger partial charge in [0.05, 0.1) is 12.7 Å². The van der Waals surface area contributed by atoms with E-state index < -0.39 is 6.10 Å². The number of aliphatic hydroxyl groups is 1. The van der Waals surface area contributed by atoms with E-state index in [2.05, 4.69) is 63.8 Å². The van der Waals surface area contributed by atoms with Crippen molar-refractivity contribution in [1.82, 2.24) is 4.90 Å². The van der Waals surface area contributed by atoms with Gasteiger partial charge in [-0.2, -0.15) is 0 Å². The third kappa shape index (κ3) is 7.39. The number of hydrogen-bond donors (Lipinski definition) is 1. The summed E-state index contributed by atoms with van der Waals surface area (Å²) in [4.78, 5) is 2.35. The number of benzene rings is 1. The van der Waals surface area contributed by atoms with Crippen LogP contribution in [0.1, 0.15) is 45.2 Å². The molecule has 0 bridgehead atoms.